The lowest BCUT2D eigenvalue weighted by Gasteiger charge is -2.09. The SMILES string of the molecule is Fc1ccc(CNc2ccc(OCCc3ccccc3)cc2)cc1. The highest BCUT2D eigenvalue weighted by Gasteiger charge is 1.98. The van der Waals surface area contributed by atoms with Crippen LogP contribution in [0.5, 0.6) is 5.75 Å². The van der Waals surface area contributed by atoms with Gasteiger partial charge in [0, 0.05) is 18.7 Å². The smallest absolute Gasteiger partial charge is 0.123 e. The van der Waals surface area contributed by atoms with Gasteiger partial charge in [-0.25, -0.2) is 4.39 Å². The Bertz CT molecular complexity index is 739. The van der Waals surface area contributed by atoms with Crippen LogP contribution in [0.3, 0.4) is 0 Å². The van der Waals surface area contributed by atoms with Crippen LogP contribution in [0.15, 0.2) is 78.9 Å². The molecule has 24 heavy (non-hydrogen) atoms. The second kappa shape index (κ2) is 8.16. The molecule has 0 unspecified atom stereocenters. The van der Waals surface area contributed by atoms with E-state index in [1.54, 1.807) is 12.1 Å². The summed E-state index contributed by atoms with van der Waals surface area (Å²) in [6.07, 6.45) is 0.894. The molecule has 0 aliphatic rings. The molecule has 0 aromatic heterocycles. The number of anilines is 1. The zero-order chi connectivity index (χ0) is 16.6. The van der Waals surface area contributed by atoms with Gasteiger partial charge in [0.25, 0.3) is 0 Å². The van der Waals surface area contributed by atoms with E-state index in [1.807, 2.05) is 42.5 Å². The molecule has 0 aliphatic carbocycles. The maximum Gasteiger partial charge on any atom is 0.123 e. The van der Waals surface area contributed by atoms with Crippen molar-refractivity contribution in [2.24, 2.45) is 0 Å². The topological polar surface area (TPSA) is 21.3 Å². The number of ether oxygens (including phenoxy) is 1. The van der Waals surface area contributed by atoms with Crippen LogP contribution < -0.4 is 10.1 Å². The van der Waals surface area contributed by atoms with Crippen LogP contribution in [0.4, 0.5) is 10.1 Å². The monoisotopic (exact) mass is 321 g/mol. The summed E-state index contributed by atoms with van der Waals surface area (Å²) in [5.74, 6) is 0.647. The second-order valence-electron chi connectivity index (χ2n) is 5.59. The van der Waals surface area contributed by atoms with Crippen LogP contribution in [-0.4, -0.2) is 6.61 Å². The zero-order valence-electron chi connectivity index (χ0n) is 13.4. The molecule has 0 heterocycles. The van der Waals surface area contributed by atoms with Gasteiger partial charge in [-0.1, -0.05) is 42.5 Å². The Kier molecular flexibility index (Phi) is 5.46. The third-order valence-electron chi connectivity index (χ3n) is 3.77. The summed E-state index contributed by atoms with van der Waals surface area (Å²) in [6.45, 7) is 1.32. The van der Waals surface area contributed by atoms with Crippen molar-refractivity contribution in [2.75, 3.05) is 11.9 Å². The zero-order valence-corrected chi connectivity index (χ0v) is 13.4. The minimum absolute atomic E-state index is 0.212. The van der Waals surface area contributed by atoms with Gasteiger partial charge in [0.1, 0.15) is 11.6 Å². The summed E-state index contributed by atoms with van der Waals surface area (Å²) in [4.78, 5) is 0. The summed E-state index contributed by atoms with van der Waals surface area (Å²) in [6, 6.07) is 24.7. The van der Waals surface area contributed by atoms with Gasteiger partial charge in [-0.05, 0) is 47.5 Å². The summed E-state index contributed by atoms with van der Waals surface area (Å²) >= 11 is 0. The van der Waals surface area contributed by atoms with Gasteiger partial charge in [0.2, 0.25) is 0 Å². The van der Waals surface area contributed by atoms with Gasteiger partial charge in [-0.15, -0.1) is 0 Å². The van der Waals surface area contributed by atoms with Crippen molar-refractivity contribution in [3.63, 3.8) is 0 Å². The van der Waals surface area contributed by atoms with E-state index in [4.69, 9.17) is 4.74 Å². The van der Waals surface area contributed by atoms with Crippen molar-refractivity contribution < 1.29 is 9.13 Å². The highest BCUT2D eigenvalue weighted by atomic mass is 19.1. The van der Waals surface area contributed by atoms with Gasteiger partial charge in [0.05, 0.1) is 6.61 Å². The molecular weight excluding hydrogens is 301 g/mol. The molecule has 1 N–H and O–H groups in total. The fourth-order valence-corrected chi connectivity index (χ4v) is 2.41. The molecule has 0 fully saturated rings. The van der Waals surface area contributed by atoms with Crippen molar-refractivity contribution in [2.45, 2.75) is 13.0 Å². The largest absolute Gasteiger partial charge is 0.493 e. The standard InChI is InChI=1S/C21H20FNO/c22-19-8-6-18(7-9-19)16-23-20-10-12-21(13-11-20)24-15-14-17-4-2-1-3-5-17/h1-13,23H,14-16H2. The van der Waals surface area contributed by atoms with Crippen molar-refractivity contribution in [3.05, 3.63) is 95.8 Å². The molecule has 0 aliphatic heterocycles. The van der Waals surface area contributed by atoms with Gasteiger partial charge in [-0.3, -0.25) is 0 Å². The molecule has 2 nitrogen and oxygen atoms in total. The van der Waals surface area contributed by atoms with Gasteiger partial charge in [-0.2, -0.15) is 0 Å². The van der Waals surface area contributed by atoms with Crippen molar-refractivity contribution >= 4 is 5.69 Å². The molecule has 0 saturated heterocycles. The summed E-state index contributed by atoms with van der Waals surface area (Å²) in [7, 11) is 0. The molecule has 0 spiro atoms. The Morgan fingerprint density at radius 3 is 2.17 bits per heavy atom. The minimum Gasteiger partial charge on any atom is -0.493 e. The van der Waals surface area contributed by atoms with Crippen molar-refractivity contribution in [3.8, 4) is 5.75 Å². The van der Waals surface area contributed by atoms with E-state index in [9.17, 15) is 4.39 Å². The molecule has 0 atom stereocenters. The van der Waals surface area contributed by atoms with Gasteiger partial charge < -0.3 is 10.1 Å². The first kappa shape index (κ1) is 16.1. The highest BCUT2D eigenvalue weighted by Crippen LogP contribution is 2.17. The van der Waals surface area contributed by atoms with Crippen LogP contribution >= 0.6 is 0 Å². The predicted molar refractivity (Wildman–Crippen MR) is 95.8 cm³/mol. The van der Waals surface area contributed by atoms with Crippen LogP contribution in [0.25, 0.3) is 0 Å². The maximum atomic E-state index is 12.9. The third kappa shape index (κ3) is 4.85. The number of halogens is 1. The summed E-state index contributed by atoms with van der Waals surface area (Å²) in [5, 5.41) is 3.31. The van der Waals surface area contributed by atoms with Crippen LogP contribution in [0.2, 0.25) is 0 Å². The average molecular weight is 321 g/mol. The summed E-state index contributed by atoms with van der Waals surface area (Å²) < 4.78 is 18.6. The van der Waals surface area contributed by atoms with E-state index < -0.39 is 0 Å². The number of benzene rings is 3. The van der Waals surface area contributed by atoms with Gasteiger partial charge >= 0.3 is 0 Å². The van der Waals surface area contributed by atoms with Crippen LogP contribution in [-0.2, 0) is 13.0 Å². The molecule has 3 rings (SSSR count). The van der Waals surface area contributed by atoms with Crippen LogP contribution in [0, 0.1) is 5.82 Å². The van der Waals surface area contributed by atoms with E-state index >= 15 is 0 Å². The van der Waals surface area contributed by atoms with Gasteiger partial charge in [0.15, 0.2) is 0 Å². The molecule has 3 aromatic carbocycles. The quantitative estimate of drug-likeness (QED) is 0.657. The molecule has 0 amide bonds. The molecule has 0 bridgehead atoms. The second-order valence-corrected chi connectivity index (χ2v) is 5.59. The van der Waals surface area contributed by atoms with E-state index in [1.165, 1.54) is 17.7 Å². The van der Waals surface area contributed by atoms with Crippen molar-refractivity contribution in [1.82, 2.24) is 0 Å². The van der Waals surface area contributed by atoms with E-state index in [0.717, 1.165) is 23.4 Å². The number of rotatable bonds is 7. The Balaban J connectivity index is 1.45. The molecule has 3 heteroatoms. The minimum atomic E-state index is -0.212. The number of hydrogen-bond acceptors (Lipinski definition) is 2. The predicted octanol–water partition coefficient (Wildman–Crippen LogP) is 5.06. The Morgan fingerprint density at radius 2 is 1.46 bits per heavy atom. The first-order chi connectivity index (χ1) is 11.8. The Morgan fingerprint density at radius 1 is 0.750 bits per heavy atom. The molecular formula is C21H20FNO. The van der Waals surface area contributed by atoms with E-state index in [2.05, 4.69) is 17.4 Å². The number of hydrogen-bond donors (Lipinski definition) is 1. The van der Waals surface area contributed by atoms with E-state index in [0.29, 0.717) is 13.2 Å². The lowest BCUT2D eigenvalue weighted by molar-refractivity contribution is 0.322. The third-order valence-corrected chi connectivity index (χ3v) is 3.77. The lowest BCUT2D eigenvalue weighted by Crippen LogP contribution is -2.02. The van der Waals surface area contributed by atoms with E-state index in [-0.39, 0.29) is 5.82 Å². The lowest BCUT2D eigenvalue weighted by atomic mass is 10.2. The van der Waals surface area contributed by atoms with Crippen molar-refractivity contribution in [1.29, 1.82) is 0 Å². The molecule has 0 saturated carbocycles. The normalized spacial score (nSPS) is 10.4. The fraction of sp³-hybridized carbons (Fsp3) is 0.143. The Labute approximate surface area is 141 Å². The molecule has 122 valence electrons. The fourth-order valence-electron chi connectivity index (χ4n) is 2.41. The number of nitrogens with one attached hydrogen (secondary N) is 1. The highest BCUT2D eigenvalue weighted by molar-refractivity contribution is 5.46. The van der Waals surface area contributed by atoms with Crippen LogP contribution in [0.1, 0.15) is 11.1 Å². The Hall–Kier alpha value is -2.81. The first-order valence-corrected chi connectivity index (χ1v) is 8.05. The first-order valence-electron chi connectivity index (χ1n) is 8.05. The average Bonchev–Trinajstić information content (AvgIpc) is 2.63. The maximum absolute atomic E-state index is 12.9. The molecule has 3 aromatic rings. The molecule has 0 radical (unpaired) electrons. The summed E-state index contributed by atoms with van der Waals surface area (Å²) in [5.41, 5.74) is 3.32.